The zero-order chi connectivity index (χ0) is 15.2. The highest BCUT2D eigenvalue weighted by molar-refractivity contribution is 9.10. The third kappa shape index (κ3) is 4.86. The summed E-state index contributed by atoms with van der Waals surface area (Å²) >= 11 is 3.38. The molecule has 2 aromatic rings. The normalized spacial score (nSPS) is 12.4. The minimum Gasteiger partial charge on any atom is -0.310 e. The topological polar surface area (TPSA) is 24.9 Å². The SMILES string of the molecule is CCCNC(Cc1cncc(Br)c1)c1cc(F)cc(F)c1. The van der Waals surface area contributed by atoms with Gasteiger partial charge in [0.1, 0.15) is 11.6 Å². The third-order valence-corrected chi connectivity index (χ3v) is 3.56. The molecule has 2 nitrogen and oxygen atoms in total. The van der Waals surface area contributed by atoms with E-state index in [1.165, 1.54) is 12.1 Å². The summed E-state index contributed by atoms with van der Waals surface area (Å²) in [5.41, 5.74) is 1.61. The van der Waals surface area contributed by atoms with E-state index in [4.69, 9.17) is 0 Å². The van der Waals surface area contributed by atoms with Gasteiger partial charge in [0.25, 0.3) is 0 Å². The first-order chi connectivity index (χ1) is 10.1. The van der Waals surface area contributed by atoms with Crippen LogP contribution in [0.15, 0.2) is 41.1 Å². The van der Waals surface area contributed by atoms with Crippen LogP contribution in [-0.4, -0.2) is 11.5 Å². The lowest BCUT2D eigenvalue weighted by molar-refractivity contribution is 0.514. The van der Waals surface area contributed by atoms with Crippen LogP contribution < -0.4 is 5.32 Å². The van der Waals surface area contributed by atoms with Crippen LogP contribution in [0.2, 0.25) is 0 Å². The van der Waals surface area contributed by atoms with Crippen LogP contribution >= 0.6 is 15.9 Å². The van der Waals surface area contributed by atoms with Crippen molar-refractivity contribution in [3.63, 3.8) is 0 Å². The second-order valence-corrected chi connectivity index (χ2v) is 5.84. The average molecular weight is 355 g/mol. The summed E-state index contributed by atoms with van der Waals surface area (Å²) in [6.45, 7) is 2.83. The number of nitrogens with one attached hydrogen (secondary N) is 1. The average Bonchev–Trinajstić information content (AvgIpc) is 2.42. The van der Waals surface area contributed by atoms with Gasteiger partial charge in [0.05, 0.1) is 0 Å². The van der Waals surface area contributed by atoms with Crippen molar-refractivity contribution in [3.8, 4) is 0 Å². The van der Waals surface area contributed by atoms with Gasteiger partial charge in [-0.25, -0.2) is 8.78 Å². The van der Waals surface area contributed by atoms with Crippen molar-refractivity contribution >= 4 is 15.9 Å². The Morgan fingerprint density at radius 1 is 1.14 bits per heavy atom. The molecule has 0 saturated carbocycles. The van der Waals surface area contributed by atoms with E-state index in [-0.39, 0.29) is 6.04 Å². The van der Waals surface area contributed by atoms with E-state index in [1.54, 1.807) is 12.4 Å². The molecular weight excluding hydrogens is 338 g/mol. The molecule has 1 aromatic heterocycles. The Balaban J connectivity index is 2.25. The van der Waals surface area contributed by atoms with Crippen molar-refractivity contribution in [1.82, 2.24) is 10.3 Å². The minimum absolute atomic E-state index is 0.147. The van der Waals surface area contributed by atoms with Crippen LogP contribution in [0.1, 0.15) is 30.5 Å². The highest BCUT2D eigenvalue weighted by Gasteiger charge is 2.14. The fourth-order valence-electron chi connectivity index (χ4n) is 2.21. The number of pyridine rings is 1. The molecule has 0 aliphatic rings. The Bertz CT molecular complexity index is 584. The van der Waals surface area contributed by atoms with Crippen LogP contribution in [0.5, 0.6) is 0 Å². The van der Waals surface area contributed by atoms with E-state index in [0.29, 0.717) is 12.0 Å². The molecule has 2 rings (SSSR count). The van der Waals surface area contributed by atoms with Crippen LogP contribution in [0, 0.1) is 11.6 Å². The first kappa shape index (κ1) is 16.0. The maximum Gasteiger partial charge on any atom is 0.126 e. The lowest BCUT2D eigenvalue weighted by atomic mass is 9.99. The maximum absolute atomic E-state index is 13.4. The number of aromatic nitrogens is 1. The lowest BCUT2D eigenvalue weighted by Crippen LogP contribution is -2.24. The molecule has 1 unspecified atom stereocenters. The van der Waals surface area contributed by atoms with Crippen molar-refractivity contribution in [2.24, 2.45) is 0 Å². The number of rotatable bonds is 6. The zero-order valence-electron chi connectivity index (χ0n) is 11.7. The van der Waals surface area contributed by atoms with E-state index >= 15 is 0 Å². The second-order valence-electron chi connectivity index (χ2n) is 4.93. The molecule has 1 N–H and O–H groups in total. The quantitative estimate of drug-likeness (QED) is 0.831. The van der Waals surface area contributed by atoms with Crippen molar-refractivity contribution in [2.45, 2.75) is 25.8 Å². The van der Waals surface area contributed by atoms with Gasteiger partial charge in [0, 0.05) is 29.0 Å². The van der Waals surface area contributed by atoms with E-state index in [2.05, 4.69) is 33.2 Å². The summed E-state index contributed by atoms with van der Waals surface area (Å²) in [6, 6.07) is 5.46. The molecule has 0 bridgehead atoms. The summed E-state index contributed by atoms with van der Waals surface area (Å²) in [4.78, 5) is 4.12. The van der Waals surface area contributed by atoms with Gasteiger partial charge in [0.15, 0.2) is 0 Å². The van der Waals surface area contributed by atoms with Crippen molar-refractivity contribution < 1.29 is 8.78 Å². The predicted octanol–water partition coefficient (Wildman–Crippen LogP) is 4.41. The van der Waals surface area contributed by atoms with E-state index in [0.717, 1.165) is 29.1 Å². The van der Waals surface area contributed by atoms with Gasteiger partial charge >= 0.3 is 0 Å². The standard InChI is InChI=1S/C16H17BrF2N2/c1-2-3-21-16(5-11-4-13(17)10-20-9-11)12-6-14(18)8-15(19)7-12/h4,6-10,16,21H,2-3,5H2,1H3. The molecule has 0 amide bonds. The molecule has 0 spiro atoms. The Morgan fingerprint density at radius 2 is 1.86 bits per heavy atom. The Morgan fingerprint density at radius 3 is 2.48 bits per heavy atom. The number of hydrogen-bond donors (Lipinski definition) is 1. The molecular formula is C16H17BrF2N2. The number of hydrogen-bond acceptors (Lipinski definition) is 2. The van der Waals surface area contributed by atoms with E-state index in [9.17, 15) is 8.78 Å². The lowest BCUT2D eigenvalue weighted by Gasteiger charge is -2.19. The maximum atomic E-state index is 13.4. The van der Waals surface area contributed by atoms with Gasteiger partial charge in [-0.3, -0.25) is 4.98 Å². The van der Waals surface area contributed by atoms with Crippen molar-refractivity contribution in [3.05, 3.63) is 63.9 Å². The van der Waals surface area contributed by atoms with Gasteiger partial charge in [-0.05, 0) is 64.6 Å². The fourth-order valence-corrected chi connectivity index (χ4v) is 2.62. The first-order valence-electron chi connectivity index (χ1n) is 6.87. The van der Waals surface area contributed by atoms with Gasteiger partial charge in [0.2, 0.25) is 0 Å². The molecule has 0 radical (unpaired) electrons. The van der Waals surface area contributed by atoms with Crippen LogP contribution in [-0.2, 0) is 6.42 Å². The van der Waals surface area contributed by atoms with Gasteiger partial charge < -0.3 is 5.32 Å². The van der Waals surface area contributed by atoms with Gasteiger partial charge in [-0.2, -0.15) is 0 Å². The summed E-state index contributed by atoms with van der Waals surface area (Å²) < 4.78 is 27.7. The largest absolute Gasteiger partial charge is 0.310 e. The molecule has 21 heavy (non-hydrogen) atoms. The molecule has 5 heteroatoms. The monoisotopic (exact) mass is 354 g/mol. The molecule has 0 fully saturated rings. The second kappa shape index (κ2) is 7.61. The van der Waals surface area contributed by atoms with Gasteiger partial charge in [-0.15, -0.1) is 0 Å². The van der Waals surface area contributed by atoms with Gasteiger partial charge in [-0.1, -0.05) is 6.92 Å². The van der Waals surface area contributed by atoms with Crippen LogP contribution in [0.4, 0.5) is 8.78 Å². The molecule has 0 aliphatic carbocycles. The molecule has 1 aromatic carbocycles. The third-order valence-electron chi connectivity index (χ3n) is 3.13. The highest BCUT2D eigenvalue weighted by atomic mass is 79.9. The summed E-state index contributed by atoms with van der Waals surface area (Å²) in [6.07, 6.45) is 5.04. The number of nitrogens with zero attached hydrogens (tertiary/aromatic N) is 1. The Kier molecular flexibility index (Phi) is 5.82. The van der Waals surface area contributed by atoms with Crippen molar-refractivity contribution in [2.75, 3.05) is 6.54 Å². The minimum atomic E-state index is -0.555. The molecule has 0 aliphatic heterocycles. The Hall–Kier alpha value is -1.33. The summed E-state index contributed by atoms with van der Waals surface area (Å²) in [5, 5.41) is 3.33. The number of benzene rings is 1. The van der Waals surface area contributed by atoms with Crippen LogP contribution in [0.25, 0.3) is 0 Å². The molecule has 112 valence electrons. The molecule has 0 saturated heterocycles. The van der Waals surface area contributed by atoms with E-state index < -0.39 is 11.6 Å². The Labute approximate surface area is 131 Å². The fraction of sp³-hybridized carbons (Fsp3) is 0.312. The van der Waals surface area contributed by atoms with E-state index in [1.807, 2.05) is 6.07 Å². The van der Waals surface area contributed by atoms with Crippen LogP contribution in [0.3, 0.4) is 0 Å². The number of halogens is 3. The smallest absolute Gasteiger partial charge is 0.126 e. The van der Waals surface area contributed by atoms with Crippen molar-refractivity contribution in [1.29, 1.82) is 0 Å². The first-order valence-corrected chi connectivity index (χ1v) is 7.66. The zero-order valence-corrected chi connectivity index (χ0v) is 13.3. The molecule has 1 atom stereocenters. The molecule has 1 heterocycles. The predicted molar refractivity (Wildman–Crippen MR) is 83.0 cm³/mol. The summed E-state index contributed by atoms with van der Waals surface area (Å²) in [5.74, 6) is -1.11. The summed E-state index contributed by atoms with van der Waals surface area (Å²) in [7, 11) is 0. The highest BCUT2D eigenvalue weighted by Crippen LogP contribution is 2.22.